The lowest BCUT2D eigenvalue weighted by molar-refractivity contribution is -0.114. The third kappa shape index (κ3) is 3.74. The minimum Gasteiger partial charge on any atom is -0.349 e. The maximum atomic E-state index is 13.9. The van der Waals surface area contributed by atoms with Gasteiger partial charge in [-0.1, -0.05) is 17.7 Å². The summed E-state index contributed by atoms with van der Waals surface area (Å²) in [6.07, 6.45) is 1.08. The summed E-state index contributed by atoms with van der Waals surface area (Å²) < 4.78 is 13.9. The van der Waals surface area contributed by atoms with Gasteiger partial charge >= 0.3 is 0 Å². The van der Waals surface area contributed by atoms with Crippen molar-refractivity contribution in [1.82, 2.24) is 5.32 Å². The topological polar surface area (TPSA) is 77.0 Å². The van der Waals surface area contributed by atoms with Gasteiger partial charge in [-0.15, -0.1) is 0 Å². The predicted octanol–water partition coefficient (Wildman–Crippen LogP) is 2.81. The SMILES string of the molecule is CC(=O)Nc1cccc(NC2=C(F)C=C(C#N)C(Cl)N2)c1. The fourth-order valence-corrected chi connectivity index (χ4v) is 1.98. The molecular formula is C14H12ClFN4O. The number of amides is 1. The molecule has 3 N–H and O–H groups in total. The van der Waals surface area contributed by atoms with Crippen molar-refractivity contribution in [2.45, 2.75) is 12.4 Å². The summed E-state index contributed by atoms with van der Waals surface area (Å²) in [6.45, 7) is 1.40. The molecule has 0 spiro atoms. The van der Waals surface area contributed by atoms with Crippen LogP contribution >= 0.6 is 11.6 Å². The first-order valence-corrected chi connectivity index (χ1v) is 6.50. The summed E-state index contributed by atoms with van der Waals surface area (Å²) in [4.78, 5) is 11.0. The Morgan fingerprint density at radius 3 is 2.86 bits per heavy atom. The number of hydrogen-bond donors (Lipinski definition) is 3. The molecule has 108 valence electrons. The van der Waals surface area contributed by atoms with Gasteiger partial charge in [0.1, 0.15) is 11.3 Å². The Morgan fingerprint density at radius 2 is 2.19 bits per heavy atom. The van der Waals surface area contributed by atoms with E-state index in [9.17, 15) is 9.18 Å². The molecule has 0 radical (unpaired) electrons. The van der Waals surface area contributed by atoms with E-state index in [0.717, 1.165) is 6.08 Å². The number of alkyl halides is 1. The van der Waals surface area contributed by atoms with E-state index in [1.165, 1.54) is 6.92 Å². The molecule has 2 rings (SSSR count). The summed E-state index contributed by atoms with van der Waals surface area (Å²) in [5, 5.41) is 16.9. The van der Waals surface area contributed by atoms with Gasteiger partial charge in [-0.2, -0.15) is 5.26 Å². The van der Waals surface area contributed by atoms with E-state index in [0.29, 0.717) is 11.4 Å². The third-order valence-corrected chi connectivity index (χ3v) is 2.99. The number of halogens is 2. The van der Waals surface area contributed by atoms with Crippen molar-refractivity contribution >= 4 is 28.9 Å². The molecule has 0 saturated carbocycles. The van der Waals surface area contributed by atoms with Crippen LogP contribution in [0.2, 0.25) is 0 Å². The maximum Gasteiger partial charge on any atom is 0.221 e. The highest BCUT2D eigenvalue weighted by molar-refractivity contribution is 6.22. The van der Waals surface area contributed by atoms with Gasteiger partial charge in [0.15, 0.2) is 5.83 Å². The van der Waals surface area contributed by atoms with Crippen LogP contribution in [-0.4, -0.2) is 11.4 Å². The molecule has 0 aromatic heterocycles. The lowest BCUT2D eigenvalue weighted by atomic mass is 10.2. The number of hydrogen-bond acceptors (Lipinski definition) is 4. The molecule has 21 heavy (non-hydrogen) atoms. The number of allylic oxidation sites excluding steroid dienone is 2. The Bertz CT molecular complexity index is 678. The Labute approximate surface area is 126 Å². The second-order valence-electron chi connectivity index (χ2n) is 4.33. The fourth-order valence-electron chi connectivity index (χ4n) is 1.76. The number of nitrogens with zero attached hydrogens (tertiary/aromatic N) is 1. The zero-order valence-corrected chi connectivity index (χ0v) is 11.8. The van der Waals surface area contributed by atoms with Gasteiger partial charge in [-0.25, -0.2) is 4.39 Å². The number of rotatable bonds is 3. The van der Waals surface area contributed by atoms with Crippen LogP contribution in [0.1, 0.15) is 6.92 Å². The van der Waals surface area contributed by atoms with Gasteiger partial charge in [-0.3, -0.25) is 4.79 Å². The van der Waals surface area contributed by atoms with Gasteiger partial charge < -0.3 is 16.0 Å². The molecule has 5 nitrogen and oxygen atoms in total. The van der Waals surface area contributed by atoms with E-state index in [2.05, 4.69) is 16.0 Å². The zero-order chi connectivity index (χ0) is 15.4. The van der Waals surface area contributed by atoms with E-state index in [-0.39, 0.29) is 17.3 Å². The van der Waals surface area contributed by atoms with E-state index in [4.69, 9.17) is 16.9 Å². The Balaban J connectivity index is 2.21. The zero-order valence-electron chi connectivity index (χ0n) is 11.1. The lowest BCUT2D eigenvalue weighted by Crippen LogP contribution is -2.32. The molecule has 7 heteroatoms. The van der Waals surface area contributed by atoms with Gasteiger partial charge in [0.2, 0.25) is 5.91 Å². The monoisotopic (exact) mass is 306 g/mol. The summed E-state index contributed by atoms with van der Waals surface area (Å²) in [5.41, 5.74) is 0.457. The largest absolute Gasteiger partial charge is 0.349 e. The second kappa shape index (κ2) is 6.29. The van der Waals surface area contributed by atoms with Gasteiger partial charge in [-0.05, 0) is 24.3 Å². The van der Waals surface area contributed by atoms with Crippen molar-refractivity contribution in [2.75, 3.05) is 10.6 Å². The van der Waals surface area contributed by atoms with Gasteiger partial charge in [0.05, 0.1) is 11.6 Å². The Kier molecular flexibility index (Phi) is 4.45. The second-order valence-corrected chi connectivity index (χ2v) is 4.76. The van der Waals surface area contributed by atoms with Crippen LogP contribution in [0.3, 0.4) is 0 Å². The predicted molar refractivity (Wildman–Crippen MR) is 79.0 cm³/mol. The summed E-state index contributed by atoms with van der Waals surface area (Å²) in [6, 6.07) is 8.60. The molecule has 0 bridgehead atoms. The number of nitrogens with one attached hydrogen (secondary N) is 3. The quantitative estimate of drug-likeness (QED) is 0.593. The number of carbonyl (C=O) groups excluding carboxylic acids is 1. The highest BCUT2D eigenvalue weighted by Crippen LogP contribution is 2.23. The Morgan fingerprint density at radius 1 is 1.48 bits per heavy atom. The van der Waals surface area contributed by atoms with E-state index >= 15 is 0 Å². The van der Waals surface area contributed by atoms with Crippen molar-refractivity contribution in [3.05, 3.63) is 47.6 Å². The van der Waals surface area contributed by atoms with Crippen molar-refractivity contribution in [1.29, 1.82) is 5.26 Å². The van der Waals surface area contributed by atoms with Crippen LogP contribution in [0.25, 0.3) is 0 Å². The molecular weight excluding hydrogens is 295 g/mol. The molecule has 1 aromatic carbocycles. The number of benzene rings is 1. The summed E-state index contributed by atoms with van der Waals surface area (Å²) in [7, 11) is 0. The van der Waals surface area contributed by atoms with Gasteiger partial charge in [0.25, 0.3) is 0 Å². The first-order chi connectivity index (χ1) is 9.99. The van der Waals surface area contributed by atoms with Crippen LogP contribution in [0, 0.1) is 11.3 Å². The van der Waals surface area contributed by atoms with Crippen LogP contribution in [-0.2, 0) is 4.79 Å². The average Bonchev–Trinajstić information content (AvgIpc) is 2.42. The van der Waals surface area contributed by atoms with Crippen molar-refractivity contribution < 1.29 is 9.18 Å². The highest BCUT2D eigenvalue weighted by atomic mass is 35.5. The maximum absolute atomic E-state index is 13.9. The highest BCUT2D eigenvalue weighted by Gasteiger charge is 2.20. The number of nitriles is 1. The van der Waals surface area contributed by atoms with E-state index in [1.807, 2.05) is 6.07 Å². The molecule has 1 unspecified atom stereocenters. The number of carbonyl (C=O) groups is 1. The molecule has 1 atom stereocenters. The van der Waals surface area contributed by atoms with Crippen molar-refractivity contribution in [3.8, 4) is 6.07 Å². The summed E-state index contributed by atoms with van der Waals surface area (Å²) >= 11 is 5.91. The van der Waals surface area contributed by atoms with Crippen LogP contribution in [0.4, 0.5) is 15.8 Å². The first kappa shape index (κ1) is 14.9. The van der Waals surface area contributed by atoms with E-state index < -0.39 is 11.3 Å². The standard InChI is InChI=1S/C14H12ClFN4O/c1-8(21)18-10-3-2-4-11(6-10)19-14-12(16)5-9(7-17)13(15)20-14/h2-6,13,19-20H,1H3,(H,18,21). The van der Waals surface area contributed by atoms with Crippen LogP contribution in [0.15, 0.2) is 47.6 Å². The molecule has 1 aliphatic heterocycles. The molecule has 1 aromatic rings. The molecule has 1 aliphatic rings. The molecule has 0 saturated heterocycles. The first-order valence-electron chi connectivity index (χ1n) is 6.06. The molecule has 1 heterocycles. The van der Waals surface area contributed by atoms with Crippen molar-refractivity contribution in [3.63, 3.8) is 0 Å². The number of dihydropyridines is 1. The molecule has 0 aliphatic carbocycles. The third-order valence-electron chi connectivity index (χ3n) is 2.65. The van der Waals surface area contributed by atoms with Gasteiger partial charge in [0, 0.05) is 18.3 Å². The van der Waals surface area contributed by atoms with Crippen LogP contribution < -0.4 is 16.0 Å². The number of anilines is 2. The minimum atomic E-state index is -0.796. The average molecular weight is 307 g/mol. The lowest BCUT2D eigenvalue weighted by Gasteiger charge is -2.21. The normalized spacial score (nSPS) is 17.4. The van der Waals surface area contributed by atoms with E-state index in [1.54, 1.807) is 24.3 Å². The van der Waals surface area contributed by atoms with Crippen molar-refractivity contribution in [2.24, 2.45) is 0 Å². The Hall–Kier alpha value is -2.52. The minimum absolute atomic E-state index is 0.0639. The molecule has 1 amide bonds. The van der Waals surface area contributed by atoms with Crippen LogP contribution in [0.5, 0.6) is 0 Å². The summed E-state index contributed by atoms with van der Waals surface area (Å²) in [5.74, 6) is -0.752. The smallest absolute Gasteiger partial charge is 0.221 e. The molecule has 0 fully saturated rings. The fraction of sp³-hybridized carbons (Fsp3) is 0.143.